The first-order valence-electron chi connectivity index (χ1n) is 3.97. The van der Waals surface area contributed by atoms with E-state index in [-0.39, 0.29) is 6.17 Å². The second kappa shape index (κ2) is 5.09. The minimum Gasteiger partial charge on any atom is -0.418 e. The van der Waals surface area contributed by atoms with Gasteiger partial charge in [-0.2, -0.15) is 0 Å². The van der Waals surface area contributed by atoms with Crippen LogP contribution in [0.5, 0.6) is 0 Å². The predicted octanol–water partition coefficient (Wildman–Crippen LogP) is 1.27. The molecular weight excluding hydrogens is 201 g/mol. The summed E-state index contributed by atoms with van der Waals surface area (Å²) >= 11 is 0. The largest absolute Gasteiger partial charge is 0.673 e. The molecule has 0 aromatic carbocycles. The van der Waals surface area contributed by atoms with Crippen molar-refractivity contribution in [3.05, 3.63) is 12.4 Å². The summed E-state index contributed by atoms with van der Waals surface area (Å²) < 4.78 is 39.0. The summed E-state index contributed by atoms with van der Waals surface area (Å²) in [5.74, 6) is 0. The van der Waals surface area contributed by atoms with Gasteiger partial charge in [0.15, 0.2) is 0 Å². The molecular formula is C6H13BF4N3-. The zero-order valence-electron chi connectivity index (χ0n) is 8.00. The van der Waals surface area contributed by atoms with E-state index in [4.69, 9.17) is 5.73 Å². The minimum absolute atomic E-state index is 0.131. The van der Waals surface area contributed by atoms with Crippen molar-refractivity contribution in [2.75, 3.05) is 13.7 Å². The van der Waals surface area contributed by atoms with Gasteiger partial charge >= 0.3 is 7.25 Å². The molecule has 14 heavy (non-hydrogen) atoms. The maximum Gasteiger partial charge on any atom is 0.673 e. The lowest BCUT2D eigenvalue weighted by molar-refractivity contribution is 0.246. The molecule has 0 spiro atoms. The second-order valence-electron chi connectivity index (χ2n) is 2.95. The number of rotatable bonds is 1. The molecule has 0 saturated carbocycles. The van der Waals surface area contributed by atoms with Crippen molar-refractivity contribution in [2.45, 2.75) is 13.1 Å². The van der Waals surface area contributed by atoms with Gasteiger partial charge in [0.05, 0.1) is 12.8 Å². The van der Waals surface area contributed by atoms with Gasteiger partial charge in [-0.3, -0.25) is 0 Å². The summed E-state index contributed by atoms with van der Waals surface area (Å²) in [6.07, 6.45) is 4.15. The SMILES string of the molecule is CC(N)N1C=CN(C)C1.F[B-](F)(F)F. The van der Waals surface area contributed by atoms with Crippen LogP contribution in [0.4, 0.5) is 17.3 Å². The van der Waals surface area contributed by atoms with Gasteiger partial charge in [-0.25, -0.2) is 0 Å². The lowest BCUT2D eigenvalue weighted by Gasteiger charge is -2.21. The summed E-state index contributed by atoms with van der Waals surface area (Å²) in [6, 6.07) is 0. The fourth-order valence-corrected chi connectivity index (χ4v) is 0.816. The Morgan fingerprint density at radius 3 is 1.86 bits per heavy atom. The Balaban J connectivity index is 0.000000292. The first-order chi connectivity index (χ1) is 6.20. The number of halogens is 4. The van der Waals surface area contributed by atoms with Crippen LogP contribution >= 0.6 is 0 Å². The third kappa shape index (κ3) is 7.72. The van der Waals surface area contributed by atoms with E-state index in [2.05, 4.69) is 9.80 Å². The number of nitrogens with two attached hydrogens (primary N) is 1. The normalized spacial score (nSPS) is 17.9. The lowest BCUT2D eigenvalue weighted by Crippen LogP contribution is -2.36. The molecule has 0 radical (unpaired) electrons. The molecule has 1 rings (SSSR count). The predicted molar refractivity (Wildman–Crippen MR) is 47.4 cm³/mol. The molecule has 1 heterocycles. The Morgan fingerprint density at radius 2 is 1.71 bits per heavy atom. The number of hydrogen-bond donors (Lipinski definition) is 1. The minimum atomic E-state index is -6.00. The van der Waals surface area contributed by atoms with Crippen LogP contribution in [-0.2, 0) is 0 Å². The van der Waals surface area contributed by atoms with Gasteiger partial charge in [0, 0.05) is 19.4 Å². The zero-order chi connectivity index (χ0) is 11.4. The van der Waals surface area contributed by atoms with Crippen LogP contribution in [0.2, 0.25) is 0 Å². The highest BCUT2D eigenvalue weighted by Crippen LogP contribution is 2.06. The van der Waals surface area contributed by atoms with Crippen molar-refractivity contribution < 1.29 is 17.3 Å². The molecule has 1 aliphatic heterocycles. The van der Waals surface area contributed by atoms with Gasteiger partial charge < -0.3 is 32.8 Å². The molecule has 8 heteroatoms. The summed E-state index contributed by atoms with van der Waals surface area (Å²) in [4.78, 5) is 4.16. The first-order valence-corrected chi connectivity index (χ1v) is 3.97. The standard InChI is InChI=1S/C6H13N3.BF4/c1-6(7)9-4-3-8(2)5-9;2-1(3,4)5/h3-4,6H,5,7H2,1-2H3;/q;-1. The van der Waals surface area contributed by atoms with E-state index < -0.39 is 7.25 Å². The Bertz CT molecular complexity index is 188. The van der Waals surface area contributed by atoms with Crippen molar-refractivity contribution >= 4 is 7.25 Å². The van der Waals surface area contributed by atoms with Crippen LogP contribution in [0, 0.1) is 0 Å². The fourth-order valence-electron chi connectivity index (χ4n) is 0.816. The highest BCUT2D eigenvalue weighted by atomic mass is 19.5. The molecule has 0 aromatic heterocycles. The second-order valence-corrected chi connectivity index (χ2v) is 2.95. The van der Waals surface area contributed by atoms with Crippen LogP contribution in [0.15, 0.2) is 12.4 Å². The number of nitrogens with zero attached hydrogens (tertiary/aromatic N) is 2. The van der Waals surface area contributed by atoms with E-state index in [1.165, 1.54) is 0 Å². The van der Waals surface area contributed by atoms with E-state index in [1.54, 1.807) is 0 Å². The monoisotopic (exact) mass is 214 g/mol. The van der Waals surface area contributed by atoms with Crippen molar-refractivity contribution in [3.63, 3.8) is 0 Å². The highest BCUT2D eigenvalue weighted by molar-refractivity contribution is 6.50. The first kappa shape index (κ1) is 13.1. The van der Waals surface area contributed by atoms with Crippen LogP contribution in [0.3, 0.4) is 0 Å². The van der Waals surface area contributed by atoms with E-state index in [1.807, 2.05) is 26.4 Å². The Morgan fingerprint density at radius 1 is 1.29 bits per heavy atom. The van der Waals surface area contributed by atoms with Crippen LogP contribution in [-0.4, -0.2) is 36.9 Å². The van der Waals surface area contributed by atoms with Crippen LogP contribution in [0.1, 0.15) is 6.92 Å². The van der Waals surface area contributed by atoms with Crippen molar-refractivity contribution in [1.29, 1.82) is 0 Å². The van der Waals surface area contributed by atoms with Crippen LogP contribution < -0.4 is 5.73 Å². The molecule has 1 atom stereocenters. The van der Waals surface area contributed by atoms with Gasteiger partial charge in [-0.05, 0) is 6.92 Å². The molecule has 0 aliphatic carbocycles. The molecule has 0 saturated heterocycles. The quantitative estimate of drug-likeness (QED) is 0.526. The molecule has 1 unspecified atom stereocenters. The summed E-state index contributed by atoms with van der Waals surface area (Å²) in [5.41, 5.74) is 5.61. The molecule has 84 valence electrons. The topological polar surface area (TPSA) is 32.5 Å². The Kier molecular flexibility index (Phi) is 4.75. The summed E-state index contributed by atoms with van der Waals surface area (Å²) in [5, 5.41) is 0. The van der Waals surface area contributed by atoms with E-state index in [0.717, 1.165) is 6.67 Å². The molecule has 0 amide bonds. The molecule has 0 bridgehead atoms. The maximum atomic E-state index is 9.75. The van der Waals surface area contributed by atoms with Gasteiger partial charge in [0.2, 0.25) is 0 Å². The highest BCUT2D eigenvalue weighted by Gasteiger charge is 2.20. The van der Waals surface area contributed by atoms with Crippen molar-refractivity contribution in [3.8, 4) is 0 Å². The van der Waals surface area contributed by atoms with Crippen molar-refractivity contribution in [1.82, 2.24) is 9.80 Å². The molecule has 1 aliphatic rings. The van der Waals surface area contributed by atoms with E-state index in [9.17, 15) is 17.3 Å². The lowest BCUT2D eigenvalue weighted by atomic mass is 10.3. The summed E-state index contributed by atoms with van der Waals surface area (Å²) in [7, 11) is -3.97. The molecule has 0 aromatic rings. The molecule has 2 N–H and O–H groups in total. The van der Waals surface area contributed by atoms with Gasteiger partial charge in [0.1, 0.15) is 0 Å². The fraction of sp³-hybridized carbons (Fsp3) is 0.667. The number of hydrogen-bond acceptors (Lipinski definition) is 3. The Hall–Kier alpha value is -0.915. The third-order valence-corrected chi connectivity index (χ3v) is 1.42. The average Bonchev–Trinajstić information content (AvgIpc) is 2.31. The van der Waals surface area contributed by atoms with E-state index >= 15 is 0 Å². The van der Waals surface area contributed by atoms with Crippen molar-refractivity contribution in [2.24, 2.45) is 5.73 Å². The maximum absolute atomic E-state index is 9.75. The summed E-state index contributed by atoms with van der Waals surface area (Å²) in [6.45, 7) is 2.89. The third-order valence-electron chi connectivity index (χ3n) is 1.42. The Labute approximate surface area is 80.3 Å². The van der Waals surface area contributed by atoms with Crippen LogP contribution in [0.25, 0.3) is 0 Å². The van der Waals surface area contributed by atoms with Gasteiger partial charge in [-0.1, -0.05) is 0 Å². The molecule has 0 fully saturated rings. The van der Waals surface area contributed by atoms with E-state index in [0.29, 0.717) is 0 Å². The smallest absolute Gasteiger partial charge is 0.418 e. The van der Waals surface area contributed by atoms with Gasteiger partial charge in [0.25, 0.3) is 0 Å². The van der Waals surface area contributed by atoms with Gasteiger partial charge in [-0.15, -0.1) is 0 Å². The molecule has 3 nitrogen and oxygen atoms in total. The average molecular weight is 214 g/mol. The zero-order valence-corrected chi connectivity index (χ0v) is 8.00.